The molecule has 0 aliphatic carbocycles. The molecule has 3 nitrogen and oxygen atoms in total. The molecule has 0 fully saturated rings. The van der Waals surface area contributed by atoms with Crippen LogP contribution in [0.15, 0.2) is 16.6 Å². The van der Waals surface area contributed by atoms with Crippen molar-refractivity contribution in [2.75, 3.05) is 5.73 Å². The van der Waals surface area contributed by atoms with E-state index in [0.717, 1.165) is 0 Å². The monoisotopic (exact) mass is 291 g/mol. The predicted octanol–water partition coefficient (Wildman–Crippen LogP) is 3.28. The van der Waals surface area contributed by atoms with Gasteiger partial charge in [0.15, 0.2) is 0 Å². The normalized spacial score (nSPS) is 10.8. The lowest BCUT2D eigenvalue weighted by atomic mass is 10.2. The molecule has 1 aromatic carbocycles. The summed E-state index contributed by atoms with van der Waals surface area (Å²) in [6.07, 6.45) is 0. The average molecular weight is 293 g/mol. The van der Waals surface area contributed by atoms with Gasteiger partial charge >= 0.3 is 0 Å². The van der Waals surface area contributed by atoms with Crippen molar-refractivity contribution in [2.45, 2.75) is 0 Å². The maximum atomic E-state index is 5.91. The highest BCUT2D eigenvalue weighted by molar-refractivity contribution is 9.10. The van der Waals surface area contributed by atoms with Crippen LogP contribution in [-0.2, 0) is 0 Å². The second kappa shape index (κ2) is 3.53. The number of rotatable bonds is 0. The largest absolute Gasteiger partial charge is 0.383 e. The highest BCUT2D eigenvalue weighted by atomic mass is 79.9. The van der Waals surface area contributed by atoms with Crippen LogP contribution in [0.5, 0.6) is 0 Å². The van der Waals surface area contributed by atoms with Gasteiger partial charge in [-0.3, -0.25) is 0 Å². The molecular formula is C8H4BrCl2N3. The lowest BCUT2D eigenvalue weighted by Crippen LogP contribution is -1.95. The van der Waals surface area contributed by atoms with Crippen molar-refractivity contribution in [1.29, 1.82) is 0 Å². The second-order valence-electron chi connectivity index (χ2n) is 2.63. The molecule has 72 valence electrons. The third kappa shape index (κ3) is 1.54. The molecule has 1 heterocycles. The van der Waals surface area contributed by atoms with Crippen LogP contribution < -0.4 is 5.73 Å². The van der Waals surface area contributed by atoms with Crippen LogP contribution in [0.2, 0.25) is 10.3 Å². The molecule has 2 N–H and O–H groups in total. The van der Waals surface area contributed by atoms with Gasteiger partial charge in [0.1, 0.15) is 5.82 Å². The van der Waals surface area contributed by atoms with Gasteiger partial charge in [-0.2, -0.15) is 0 Å². The van der Waals surface area contributed by atoms with Gasteiger partial charge < -0.3 is 5.73 Å². The first-order valence-corrected chi connectivity index (χ1v) is 5.21. The van der Waals surface area contributed by atoms with Crippen molar-refractivity contribution in [3.8, 4) is 0 Å². The van der Waals surface area contributed by atoms with Gasteiger partial charge in [-0.15, -0.1) is 0 Å². The maximum Gasteiger partial charge on any atom is 0.224 e. The van der Waals surface area contributed by atoms with Crippen molar-refractivity contribution >= 4 is 55.9 Å². The Balaban J connectivity index is 2.95. The number of halogens is 3. The number of anilines is 1. The number of fused-ring (bicyclic) bond motifs is 1. The Morgan fingerprint density at radius 1 is 1.21 bits per heavy atom. The number of nitrogens with zero attached hydrogens (tertiary/aromatic N) is 2. The molecule has 0 radical (unpaired) electrons. The van der Waals surface area contributed by atoms with Crippen molar-refractivity contribution in [2.24, 2.45) is 0 Å². The van der Waals surface area contributed by atoms with E-state index in [-0.39, 0.29) is 5.28 Å². The molecule has 2 rings (SSSR count). The Hall–Kier alpha value is -0.580. The predicted molar refractivity (Wildman–Crippen MR) is 61.7 cm³/mol. The average Bonchev–Trinajstić information content (AvgIpc) is 2.10. The molecular weight excluding hydrogens is 289 g/mol. The quantitative estimate of drug-likeness (QED) is 0.758. The van der Waals surface area contributed by atoms with E-state index in [1.807, 2.05) is 0 Å². The van der Waals surface area contributed by atoms with Crippen molar-refractivity contribution in [1.82, 2.24) is 9.97 Å². The smallest absolute Gasteiger partial charge is 0.224 e. The van der Waals surface area contributed by atoms with E-state index in [1.165, 1.54) is 0 Å². The first-order chi connectivity index (χ1) is 6.59. The fraction of sp³-hybridized carbons (Fsp3) is 0. The fourth-order valence-corrected chi connectivity index (χ4v) is 2.03. The van der Waals surface area contributed by atoms with E-state index >= 15 is 0 Å². The first-order valence-electron chi connectivity index (χ1n) is 3.66. The zero-order valence-electron chi connectivity index (χ0n) is 6.76. The first kappa shape index (κ1) is 9.96. The summed E-state index contributed by atoms with van der Waals surface area (Å²) in [6.45, 7) is 0. The Bertz CT molecular complexity index is 515. The van der Waals surface area contributed by atoms with Crippen LogP contribution in [0, 0.1) is 0 Å². The minimum absolute atomic E-state index is 0.129. The lowest BCUT2D eigenvalue weighted by Gasteiger charge is -2.04. The molecule has 0 spiro atoms. The number of aromatic nitrogens is 2. The Labute approximate surface area is 98.4 Å². The van der Waals surface area contributed by atoms with Crippen LogP contribution in [0.1, 0.15) is 0 Å². The highest BCUT2D eigenvalue weighted by Gasteiger charge is 2.09. The van der Waals surface area contributed by atoms with E-state index < -0.39 is 0 Å². The van der Waals surface area contributed by atoms with Gasteiger partial charge in [-0.25, -0.2) is 9.97 Å². The van der Waals surface area contributed by atoms with Gasteiger partial charge in [0.25, 0.3) is 0 Å². The molecule has 0 saturated carbocycles. The fourth-order valence-electron chi connectivity index (χ4n) is 1.16. The molecule has 0 atom stereocenters. The van der Waals surface area contributed by atoms with Gasteiger partial charge in [0.05, 0.1) is 15.9 Å². The minimum atomic E-state index is 0.129. The topological polar surface area (TPSA) is 51.8 Å². The number of nitrogen functional groups attached to an aromatic ring is 1. The van der Waals surface area contributed by atoms with Gasteiger partial charge in [0.2, 0.25) is 5.28 Å². The minimum Gasteiger partial charge on any atom is -0.383 e. The van der Waals surface area contributed by atoms with Crippen LogP contribution in [0.25, 0.3) is 10.9 Å². The standard InChI is InChI=1S/C8H4BrCl2N3/c9-6-3(10)1-2-4-5(6)7(12)14-8(11)13-4/h1-2H,(H2,12,13,14). The summed E-state index contributed by atoms with van der Waals surface area (Å²) in [5.41, 5.74) is 6.37. The molecule has 0 aliphatic heterocycles. The highest BCUT2D eigenvalue weighted by Crippen LogP contribution is 2.33. The molecule has 14 heavy (non-hydrogen) atoms. The summed E-state index contributed by atoms with van der Waals surface area (Å²) >= 11 is 14.9. The summed E-state index contributed by atoms with van der Waals surface area (Å²) in [5, 5.41) is 1.38. The molecule has 0 amide bonds. The SMILES string of the molecule is Nc1nc(Cl)nc2ccc(Cl)c(Br)c12. The number of nitrogens with two attached hydrogens (primary N) is 1. The summed E-state index contributed by atoms with van der Waals surface area (Å²) in [6, 6.07) is 3.46. The van der Waals surface area contributed by atoms with Crippen LogP contribution in [0.3, 0.4) is 0 Å². The molecule has 0 aliphatic rings. The van der Waals surface area contributed by atoms with E-state index in [9.17, 15) is 0 Å². The van der Waals surface area contributed by atoms with Gasteiger partial charge in [-0.05, 0) is 39.7 Å². The molecule has 6 heteroatoms. The van der Waals surface area contributed by atoms with Gasteiger partial charge in [0, 0.05) is 4.47 Å². The van der Waals surface area contributed by atoms with Crippen LogP contribution in [0.4, 0.5) is 5.82 Å². The van der Waals surface area contributed by atoms with Crippen LogP contribution >= 0.6 is 39.1 Å². The number of hydrogen-bond acceptors (Lipinski definition) is 3. The van der Waals surface area contributed by atoms with E-state index in [4.69, 9.17) is 28.9 Å². The number of hydrogen-bond donors (Lipinski definition) is 1. The Morgan fingerprint density at radius 3 is 2.64 bits per heavy atom. The summed E-state index contributed by atoms with van der Waals surface area (Å²) < 4.78 is 0.686. The van der Waals surface area contributed by atoms with E-state index in [2.05, 4.69) is 25.9 Å². The molecule has 0 saturated heterocycles. The van der Waals surface area contributed by atoms with E-state index in [1.54, 1.807) is 12.1 Å². The zero-order valence-corrected chi connectivity index (χ0v) is 9.86. The maximum absolute atomic E-state index is 5.91. The lowest BCUT2D eigenvalue weighted by molar-refractivity contribution is 1.23. The molecule has 0 unspecified atom stereocenters. The van der Waals surface area contributed by atoms with Crippen molar-refractivity contribution in [3.05, 3.63) is 26.9 Å². The number of benzene rings is 1. The molecule has 0 bridgehead atoms. The van der Waals surface area contributed by atoms with Crippen LogP contribution in [-0.4, -0.2) is 9.97 Å². The van der Waals surface area contributed by atoms with Crippen molar-refractivity contribution in [3.63, 3.8) is 0 Å². The Morgan fingerprint density at radius 2 is 1.93 bits per heavy atom. The molecule has 2 aromatic rings. The van der Waals surface area contributed by atoms with Crippen molar-refractivity contribution < 1.29 is 0 Å². The molecule has 1 aromatic heterocycles. The second-order valence-corrected chi connectivity index (χ2v) is 4.17. The third-order valence-corrected chi connectivity index (χ3v) is 3.29. The third-order valence-electron chi connectivity index (χ3n) is 1.75. The van der Waals surface area contributed by atoms with E-state index in [0.29, 0.717) is 26.2 Å². The zero-order chi connectivity index (χ0) is 10.3. The summed E-state index contributed by atoms with van der Waals surface area (Å²) in [5.74, 6) is 0.314. The van der Waals surface area contributed by atoms with Gasteiger partial charge in [-0.1, -0.05) is 11.6 Å². The Kier molecular flexibility index (Phi) is 2.51. The summed E-state index contributed by atoms with van der Waals surface area (Å²) in [7, 11) is 0. The summed E-state index contributed by atoms with van der Waals surface area (Å²) in [4.78, 5) is 7.87.